The highest BCUT2D eigenvalue weighted by atomic mass is 32.2. The number of carbonyl (C=O) groups is 1. The summed E-state index contributed by atoms with van der Waals surface area (Å²) in [5.74, 6) is -1.55. The van der Waals surface area contributed by atoms with E-state index in [9.17, 15) is 17.6 Å². The lowest BCUT2D eigenvalue weighted by molar-refractivity contribution is -0.120. The van der Waals surface area contributed by atoms with E-state index in [2.05, 4.69) is 35.0 Å². The molecule has 13 heteroatoms. The third kappa shape index (κ3) is 5.94. The first-order valence-corrected chi connectivity index (χ1v) is 11.6. The molecule has 2 N–H and O–H groups in total. The van der Waals surface area contributed by atoms with Crippen molar-refractivity contribution in [1.82, 2.24) is 24.9 Å². The minimum absolute atomic E-state index is 0.181. The Balaban J connectivity index is 1.81. The molecule has 0 bridgehead atoms. The minimum atomic E-state index is -3.60. The summed E-state index contributed by atoms with van der Waals surface area (Å²) in [6.07, 6.45) is 6.51. The van der Waals surface area contributed by atoms with Crippen LogP contribution in [-0.4, -0.2) is 52.1 Å². The van der Waals surface area contributed by atoms with Crippen LogP contribution in [0.4, 0.5) is 16.2 Å². The minimum Gasteiger partial charge on any atom is -0.477 e. The van der Waals surface area contributed by atoms with Crippen LogP contribution in [-0.2, 0) is 20.2 Å². The number of anilines is 2. The first kappa shape index (κ1) is 23.9. The Hall–Kier alpha value is -3.74. The number of hydrogen-bond acceptors (Lipinski definition) is 9. The normalized spacial score (nSPS) is 11.7. The Bertz CT molecular complexity index is 1280. The predicted octanol–water partition coefficient (Wildman–Crippen LogP) is 2.15. The van der Waals surface area contributed by atoms with Crippen molar-refractivity contribution in [2.24, 2.45) is 0 Å². The van der Waals surface area contributed by atoms with Crippen LogP contribution in [0.15, 0.2) is 36.9 Å². The maximum atomic E-state index is 14.7. The maximum Gasteiger partial charge on any atom is 0.237 e. The molecule has 0 saturated heterocycles. The number of aromatic nitrogens is 5. The highest BCUT2D eigenvalue weighted by molar-refractivity contribution is 7.91. The van der Waals surface area contributed by atoms with Crippen LogP contribution >= 0.6 is 0 Å². The Morgan fingerprint density at radius 1 is 1.18 bits per heavy atom. The van der Waals surface area contributed by atoms with Crippen LogP contribution < -0.4 is 14.8 Å². The van der Waals surface area contributed by atoms with Gasteiger partial charge < -0.3 is 10.1 Å². The molecule has 1 amide bonds. The quantitative estimate of drug-likeness (QED) is 0.500. The van der Waals surface area contributed by atoms with Gasteiger partial charge in [-0.15, -0.1) is 0 Å². The van der Waals surface area contributed by atoms with Gasteiger partial charge in [0.15, 0.2) is 11.6 Å². The number of carbonyl (C=O) groups excluding carboxylic acids is 1. The van der Waals surface area contributed by atoms with Gasteiger partial charge in [0.25, 0.3) is 0 Å². The second kappa shape index (κ2) is 9.40. The summed E-state index contributed by atoms with van der Waals surface area (Å²) in [5, 5.41) is 2.44. The SMILES string of the molecule is CCOc1cncc(-c2cnc(NC(=O)C(C)(C)c3ccnc(NS(C)(=O)=O)n3)c(F)c2)n1. The van der Waals surface area contributed by atoms with Gasteiger partial charge in [-0.05, 0) is 32.9 Å². The predicted molar refractivity (Wildman–Crippen MR) is 119 cm³/mol. The zero-order valence-corrected chi connectivity index (χ0v) is 19.1. The number of nitrogens with zero attached hydrogens (tertiary/aromatic N) is 5. The Morgan fingerprint density at radius 2 is 1.94 bits per heavy atom. The molecule has 3 aromatic heterocycles. The summed E-state index contributed by atoms with van der Waals surface area (Å²) in [7, 11) is -3.60. The van der Waals surface area contributed by atoms with Gasteiger partial charge in [0.2, 0.25) is 27.8 Å². The molecule has 174 valence electrons. The fourth-order valence-electron chi connectivity index (χ4n) is 2.68. The number of halogens is 1. The van der Waals surface area contributed by atoms with E-state index in [0.717, 1.165) is 6.26 Å². The molecule has 0 aliphatic rings. The van der Waals surface area contributed by atoms with Crippen LogP contribution in [0.1, 0.15) is 26.5 Å². The highest BCUT2D eigenvalue weighted by Gasteiger charge is 2.33. The molecule has 33 heavy (non-hydrogen) atoms. The van der Waals surface area contributed by atoms with E-state index in [1.54, 1.807) is 20.8 Å². The fraction of sp³-hybridized carbons (Fsp3) is 0.300. The Morgan fingerprint density at radius 3 is 2.61 bits per heavy atom. The lowest BCUT2D eigenvalue weighted by atomic mass is 9.88. The smallest absolute Gasteiger partial charge is 0.237 e. The Labute approximate surface area is 189 Å². The van der Waals surface area contributed by atoms with Gasteiger partial charge in [0, 0.05) is 18.0 Å². The number of hydrogen-bond donors (Lipinski definition) is 2. The van der Waals surface area contributed by atoms with E-state index in [-0.39, 0.29) is 17.5 Å². The van der Waals surface area contributed by atoms with Crippen molar-refractivity contribution in [2.45, 2.75) is 26.2 Å². The monoisotopic (exact) mass is 475 g/mol. The van der Waals surface area contributed by atoms with E-state index in [0.29, 0.717) is 23.7 Å². The van der Waals surface area contributed by atoms with Crippen molar-refractivity contribution in [3.63, 3.8) is 0 Å². The Kier molecular flexibility index (Phi) is 6.81. The standard InChI is InChI=1S/C20H22FN7O4S/c1-5-32-16-11-22-10-14(25-16)12-8-13(21)17(24-9-12)27-18(29)20(2,3)15-6-7-23-19(26-15)28-33(4,30)31/h6-11H,5H2,1-4H3,(H,23,26,28)(H,24,27,29). The topological polar surface area (TPSA) is 149 Å². The second-order valence-corrected chi connectivity index (χ2v) is 9.20. The van der Waals surface area contributed by atoms with E-state index < -0.39 is 27.2 Å². The zero-order valence-electron chi connectivity index (χ0n) is 18.3. The lowest BCUT2D eigenvalue weighted by Gasteiger charge is -2.23. The van der Waals surface area contributed by atoms with Crippen LogP contribution in [0.2, 0.25) is 0 Å². The van der Waals surface area contributed by atoms with Crippen LogP contribution in [0.25, 0.3) is 11.3 Å². The van der Waals surface area contributed by atoms with Crippen molar-refractivity contribution >= 4 is 27.7 Å². The van der Waals surface area contributed by atoms with Crippen molar-refractivity contribution in [1.29, 1.82) is 0 Å². The van der Waals surface area contributed by atoms with Gasteiger partial charge in [0.05, 0.1) is 42.1 Å². The lowest BCUT2D eigenvalue weighted by Crippen LogP contribution is -2.36. The maximum absolute atomic E-state index is 14.7. The van der Waals surface area contributed by atoms with Crippen molar-refractivity contribution in [3.8, 4) is 17.1 Å². The van der Waals surface area contributed by atoms with E-state index in [1.807, 2.05) is 0 Å². The average molecular weight is 476 g/mol. The summed E-state index contributed by atoms with van der Waals surface area (Å²) in [6, 6.07) is 2.64. The summed E-state index contributed by atoms with van der Waals surface area (Å²) < 4.78 is 45.0. The zero-order chi connectivity index (χ0) is 24.2. The number of rotatable bonds is 8. The summed E-state index contributed by atoms with van der Waals surface area (Å²) in [4.78, 5) is 33.1. The van der Waals surface area contributed by atoms with Gasteiger partial charge in [0.1, 0.15) is 0 Å². The number of nitrogens with one attached hydrogen (secondary N) is 2. The largest absolute Gasteiger partial charge is 0.477 e. The number of ether oxygens (including phenoxy) is 1. The first-order chi connectivity index (χ1) is 15.5. The average Bonchev–Trinajstić information content (AvgIpc) is 2.74. The molecule has 0 spiro atoms. The van der Waals surface area contributed by atoms with Crippen LogP contribution in [0.3, 0.4) is 0 Å². The number of sulfonamides is 1. The second-order valence-electron chi connectivity index (χ2n) is 7.45. The van der Waals surface area contributed by atoms with Crippen molar-refractivity contribution in [2.75, 3.05) is 22.9 Å². The molecule has 0 saturated carbocycles. The number of amides is 1. The van der Waals surface area contributed by atoms with Crippen molar-refractivity contribution in [3.05, 3.63) is 48.4 Å². The molecule has 0 fully saturated rings. The van der Waals surface area contributed by atoms with E-state index in [1.165, 1.54) is 36.9 Å². The van der Waals surface area contributed by atoms with Gasteiger partial charge >= 0.3 is 0 Å². The summed E-state index contributed by atoms with van der Waals surface area (Å²) >= 11 is 0. The third-order valence-corrected chi connectivity index (χ3v) is 4.97. The highest BCUT2D eigenvalue weighted by Crippen LogP contribution is 2.26. The number of pyridine rings is 1. The molecule has 3 aromatic rings. The molecule has 0 radical (unpaired) electrons. The molecule has 0 aliphatic carbocycles. The van der Waals surface area contributed by atoms with Crippen molar-refractivity contribution < 1.29 is 22.3 Å². The van der Waals surface area contributed by atoms with Gasteiger partial charge in [-0.2, -0.15) is 0 Å². The van der Waals surface area contributed by atoms with Crippen LogP contribution in [0, 0.1) is 5.82 Å². The van der Waals surface area contributed by atoms with Gasteiger partial charge in [-0.1, -0.05) is 0 Å². The van der Waals surface area contributed by atoms with Gasteiger partial charge in [-0.3, -0.25) is 14.5 Å². The molecule has 0 aliphatic heterocycles. The summed E-state index contributed by atoms with van der Waals surface area (Å²) in [5.41, 5.74) is -0.328. The molecular weight excluding hydrogens is 453 g/mol. The molecule has 11 nitrogen and oxygen atoms in total. The molecule has 0 aromatic carbocycles. The van der Waals surface area contributed by atoms with Gasteiger partial charge in [-0.25, -0.2) is 32.7 Å². The summed E-state index contributed by atoms with van der Waals surface area (Å²) in [6.45, 7) is 5.31. The molecule has 3 rings (SSSR count). The third-order valence-electron chi connectivity index (χ3n) is 4.41. The first-order valence-electron chi connectivity index (χ1n) is 9.73. The molecular formula is C20H22FN7O4S. The van der Waals surface area contributed by atoms with Crippen LogP contribution in [0.5, 0.6) is 5.88 Å². The fourth-order valence-corrected chi connectivity index (χ4v) is 3.11. The van der Waals surface area contributed by atoms with E-state index >= 15 is 0 Å². The molecule has 3 heterocycles. The molecule has 0 unspecified atom stereocenters. The van der Waals surface area contributed by atoms with E-state index in [4.69, 9.17) is 4.74 Å². The molecule has 0 atom stereocenters.